The van der Waals surface area contributed by atoms with Gasteiger partial charge in [-0.15, -0.1) is 0 Å². The number of nitrogens with zero attached hydrogens (tertiary/aromatic N) is 2. The average Bonchev–Trinajstić information content (AvgIpc) is 2.86. The van der Waals surface area contributed by atoms with Gasteiger partial charge in [0, 0.05) is 16.9 Å². The van der Waals surface area contributed by atoms with Crippen molar-refractivity contribution in [2.24, 2.45) is 0 Å². The summed E-state index contributed by atoms with van der Waals surface area (Å²) in [6, 6.07) is 7.20. The van der Waals surface area contributed by atoms with E-state index in [1.54, 1.807) is 12.1 Å². The molecule has 0 amide bonds. The van der Waals surface area contributed by atoms with Crippen molar-refractivity contribution in [3.05, 3.63) is 57.1 Å². The molecule has 0 aromatic heterocycles. The van der Waals surface area contributed by atoms with Crippen LogP contribution in [0.3, 0.4) is 0 Å². The van der Waals surface area contributed by atoms with Crippen molar-refractivity contribution in [1.82, 2.24) is 14.8 Å². The smallest absolute Gasteiger partial charge is 0.282 e. The van der Waals surface area contributed by atoms with Gasteiger partial charge in [0.25, 0.3) is 5.56 Å². The Hall–Kier alpha value is -2.07. The summed E-state index contributed by atoms with van der Waals surface area (Å²) in [5, 5.41) is 5.29. The summed E-state index contributed by atoms with van der Waals surface area (Å²) >= 11 is 5.93. The number of hydrogen-bond acceptors (Lipinski definition) is 2. The third-order valence-electron chi connectivity index (χ3n) is 4.59. The lowest BCUT2D eigenvalue weighted by molar-refractivity contribution is 0.608. The molecule has 1 aromatic rings. The molecule has 118 valence electrons. The van der Waals surface area contributed by atoms with E-state index in [-0.39, 0.29) is 5.56 Å². The molecule has 0 fully saturated rings. The number of aromatic amines is 1. The zero-order chi connectivity index (χ0) is 15.8. The summed E-state index contributed by atoms with van der Waals surface area (Å²) in [6.07, 6.45) is 8.71. The first-order valence-electron chi connectivity index (χ1n) is 8.12. The van der Waals surface area contributed by atoms with Crippen LogP contribution in [0.4, 0.5) is 0 Å². The van der Waals surface area contributed by atoms with Crippen LogP contribution in [0, 0.1) is 0 Å². The Labute approximate surface area is 139 Å². The van der Waals surface area contributed by atoms with Gasteiger partial charge in [0.15, 0.2) is 0 Å². The second-order valence-electron chi connectivity index (χ2n) is 6.12. The van der Waals surface area contributed by atoms with Gasteiger partial charge in [-0.05, 0) is 55.5 Å². The van der Waals surface area contributed by atoms with Gasteiger partial charge in [-0.25, -0.2) is 0 Å². The van der Waals surface area contributed by atoms with Crippen LogP contribution in [-0.4, -0.2) is 14.8 Å². The van der Waals surface area contributed by atoms with Crippen molar-refractivity contribution in [1.29, 1.82) is 0 Å². The Morgan fingerprint density at radius 1 is 1.04 bits per heavy atom. The van der Waals surface area contributed by atoms with Gasteiger partial charge in [-0.1, -0.05) is 24.4 Å². The van der Waals surface area contributed by atoms with E-state index in [1.807, 2.05) is 18.3 Å². The maximum atomic E-state index is 12.7. The Morgan fingerprint density at radius 3 is 2.57 bits per heavy atom. The Kier molecular flexibility index (Phi) is 3.69. The summed E-state index contributed by atoms with van der Waals surface area (Å²) < 4.78 is 1.48. The molecule has 23 heavy (non-hydrogen) atoms. The Morgan fingerprint density at radius 2 is 1.78 bits per heavy atom. The van der Waals surface area contributed by atoms with Gasteiger partial charge in [-0.3, -0.25) is 4.79 Å². The number of hydrogen-bond donors (Lipinski definition) is 1. The number of nitrogens with one attached hydrogen (secondary N) is 1. The maximum absolute atomic E-state index is 12.7. The molecule has 0 atom stereocenters. The highest BCUT2D eigenvalue weighted by Crippen LogP contribution is 2.28. The van der Waals surface area contributed by atoms with E-state index in [0.717, 1.165) is 30.6 Å². The van der Waals surface area contributed by atoms with Crippen molar-refractivity contribution in [3.8, 4) is 16.9 Å². The maximum Gasteiger partial charge on any atom is 0.282 e. The van der Waals surface area contributed by atoms with Gasteiger partial charge >= 0.3 is 0 Å². The van der Waals surface area contributed by atoms with E-state index in [4.69, 9.17) is 11.6 Å². The minimum atomic E-state index is -0.0802. The van der Waals surface area contributed by atoms with Crippen LogP contribution < -0.4 is 5.56 Å². The van der Waals surface area contributed by atoms with Gasteiger partial charge in [-0.2, -0.15) is 9.78 Å². The summed E-state index contributed by atoms with van der Waals surface area (Å²) in [5.74, 6) is 0. The highest BCUT2D eigenvalue weighted by molar-refractivity contribution is 6.30. The number of aromatic nitrogens is 3. The van der Waals surface area contributed by atoms with Gasteiger partial charge < -0.3 is 4.98 Å². The number of benzene rings is 1. The Balaban J connectivity index is 1.89. The monoisotopic (exact) mass is 327 g/mol. The molecule has 2 aliphatic heterocycles. The van der Waals surface area contributed by atoms with Crippen LogP contribution in [0.25, 0.3) is 16.9 Å². The number of rotatable bonds is 1. The standard InChI is InChI=1S/C18H18ClN3O/c19-12-7-9-13(10-8-12)22-18(23)15-11-20-16-6-4-2-1-3-5-14(16)17(15)21-22/h7-11,20H,1-6H2. The molecular weight excluding hydrogens is 310 g/mol. The van der Waals surface area contributed by atoms with E-state index in [0.29, 0.717) is 10.6 Å². The zero-order valence-electron chi connectivity index (χ0n) is 12.8. The lowest BCUT2D eigenvalue weighted by Crippen LogP contribution is -2.14. The van der Waals surface area contributed by atoms with Gasteiger partial charge in [0.2, 0.25) is 0 Å². The quantitative estimate of drug-likeness (QED) is 0.735. The van der Waals surface area contributed by atoms with Crippen molar-refractivity contribution in [2.75, 3.05) is 0 Å². The van der Waals surface area contributed by atoms with Crippen LogP contribution in [-0.2, 0) is 12.8 Å². The second-order valence-corrected chi connectivity index (χ2v) is 6.55. The summed E-state index contributed by atoms with van der Waals surface area (Å²) in [4.78, 5) is 16.0. The highest BCUT2D eigenvalue weighted by Gasteiger charge is 2.22. The van der Waals surface area contributed by atoms with Crippen molar-refractivity contribution in [3.63, 3.8) is 0 Å². The molecule has 1 aromatic carbocycles. The molecule has 0 unspecified atom stereocenters. The van der Waals surface area contributed by atoms with Gasteiger partial charge in [0.1, 0.15) is 5.69 Å². The predicted octanol–water partition coefficient (Wildman–Crippen LogP) is 3.98. The molecule has 0 saturated carbocycles. The van der Waals surface area contributed by atoms with E-state index in [2.05, 4.69) is 10.1 Å². The minimum absolute atomic E-state index is 0.0802. The second kappa shape index (κ2) is 5.85. The first-order chi connectivity index (χ1) is 11.2. The first kappa shape index (κ1) is 14.5. The average molecular weight is 328 g/mol. The topological polar surface area (TPSA) is 50.7 Å². The fourth-order valence-corrected chi connectivity index (χ4v) is 3.49. The lowest BCUT2D eigenvalue weighted by Gasteiger charge is -2.15. The van der Waals surface area contributed by atoms with Gasteiger partial charge in [0.05, 0.1) is 11.3 Å². The molecule has 0 saturated heterocycles. The molecule has 3 aliphatic rings. The van der Waals surface area contributed by atoms with Crippen molar-refractivity contribution in [2.45, 2.75) is 38.5 Å². The molecule has 1 aliphatic carbocycles. The van der Waals surface area contributed by atoms with E-state index >= 15 is 0 Å². The fraction of sp³-hybridized carbons (Fsp3) is 0.333. The van der Waals surface area contributed by atoms with Crippen LogP contribution >= 0.6 is 11.6 Å². The zero-order valence-corrected chi connectivity index (χ0v) is 13.6. The molecule has 5 heteroatoms. The van der Waals surface area contributed by atoms with E-state index in [9.17, 15) is 4.79 Å². The molecule has 0 bridgehead atoms. The van der Waals surface area contributed by atoms with Crippen molar-refractivity contribution < 1.29 is 0 Å². The molecule has 4 nitrogen and oxygen atoms in total. The SMILES string of the molecule is O=c1c2c[nH]c3c(c-2nn1-c1ccc(Cl)cc1)CCCCCC3. The normalized spacial score (nSPS) is 15.2. The van der Waals surface area contributed by atoms with E-state index < -0.39 is 0 Å². The third kappa shape index (κ3) is 2.57. The number of H-pyrrole nitrogens is 1. The molecule has 1 N–H and O–H groups in total. The lowest BCUT2D eigenvalue weighted by atomic mass is 9.94. The summed E-state index contributed by atoms with van der Waals surface area (Å²) in [6.45, 7) is 0. The first-order valence-corrected chi connectivity index (χ1v) is 8.50. The number of pyridine rings is 1. The van der Waals surface area contributed by atoms with Crippen LogP contribution in [0.15, 0.2) is 35.3 Å². The number of aryl methyl sites for hydroxylation is 1. The fourth-order valence-electron chi connectivity index (χ4n) is 3.36. The van der Waals surface area contributed by atoms with Crippen molar-refractivity contribution >= 4 is 11.6 Å². The highest BCUT2D eigenvalue weighted by atomic mass is 35.5. The molecule has 2 heterocycles. The molecular formula is C18H18ClN3O. The van der Waals surface area contributed by atoms with Crippen LogP contribution in [0.1, 0.15) is 36.9 Å². The minimum Gasteiger partial charge on any atom is -0.364 e. The summed E-state index contributed by atoms with van der Waals surface area (Å²) in [7, 11) is 0. The third-order valence-corrected chi connectivity index (χ3v) is 4.85. The summed E-state index contributed by atoms with van der Waals surface area (Å²) in [5.41, 5.74) is 4.63. The number of fused-ring (bicyclic) bond motifs is 3. The molecule has 0 spiro atoms. The van der Waals surface area contributed by atoms with Crippen LogP contribution in [0.2, 0.25) is 5.02 Å². The molecule has 4 rings (SSSR count). The predicted molar refractivity (Wildman–Crippen MR) is 91.7 cm³/mol. The largest absolute Gasteiger partial charge is 0.364 e. The van der Waals surface area contributed by atoms with Crippen LogP contribution in [0.5, 0.6) is 0 Å². The Bertz CT molecular complexity index is 863. The van der Waals surface area contributed by atoms with E-state index in [1.165, 1.54) is 35.2 Å². The number of halogens is 1. The molecule has 0 radical (unpaired) electrons.